The van der Waals surface area contributed by atoms with Gasteiger partial charge in [-0.2, -0.15) is 0 Å². The molecule has 2 nitrogen and oxygen atoms in total. The summed E-state index contributed by atoms with van der Waals surface area (Å²) in [6, 6.07) is 8.70. The van der Waals surface area contributed by atoms with Gasteiger partial charge < -0.3 is 4.74 Å². The number of ether oxygens (including phenoxy) is 1. The van der Waals surface area contributed by atoms with Crippen molar-refractivity contribution in [3.63, 3.8) is 0 Å². The molecule has 78 valence electrons. The van der Waals surface area contributed by atoms with Crippen molar-refractivity contribution in [3.8, 4) is 0 Å². The maximum absolute atomic E-state index is 12.7. The topological polar surface area (TPSA) is 26.3 Å². The van der Waals surface area contributed by atoms with Gasteiger partial charge in [-0.25, -0.2) is 9.18 Å². The summed E-state index contributed by atoms with van der Waals surface area (Å²) in [5, 5.41) is 0. The van der Waals surface area contributed by atoms with Crippen LogP contribution in [0.3, 0.4) is 0 Å². The van der Waals surface area contributed by atoms with Gasteiger partial charge in [-0.3, -0.25) is 0 Å². The summed E-state index contributed by atoms with van der Waals surface area (Å²) in [5.41, 5.74) is 0.494. The Balaban J connectivity index is 1.96. The fraction of sp³-hybridized carbons (Fsp3) is 0.250. The minimum Gasteiger partial charge on any atom is -0.454 e. The summed E-state index contributed by atoms with van der Waals surface area (Å²) in [6.45, 7) is 0. The van der Waals surface area contributed by atoms with Crippen LogP contribution < -0.4 is 0 Å². The number of halogens is 1. The zero-order chi connectivity index (χ0) is 10.7. The normalized spacial score (nSPS) is 24.1. The van der Waals surface area contributed by atoms with Crippen molar-refractivity contribution in [3.05, 3.63) is 48.0 Å². The van der Waals surface area contributed by atoms with Crippen molar-refractivity contribution in [1.29, 1.82) is 0 Å². The molecule has 0 unspecified atom stereocenters. The molecular weight excluding hydrogens is 195 g/mol. The molecule has 1 aliphatic carbocycles. The van der Waals surface area contributed by atoms with E-state index >= 15 is 0 Å². The lowest BCUT2D eigenvalue weighted by molar-refractivity contribution is 0.0374. The number of carbonyl (C=O) groups is 1. The molecule has 0 radical (unpaired) electrons. The predicted molar refractivity (Wildman–Crippen MR) is 54.3 cm³/mol. The van der Waals surface area contributed by atoms with E-state index in [9.17, 15) is 9.18 Å². The van der Waals surface area contributed by atoms with Crippen LogP contribution in [0.5, 0.6) is 0 Å². The number of rotatable bonds is 2. The van der Waals surface area contributed by atoms with Gasteiger partial charge >= 0.3 is 5.97 Å². The van der Waals surface area contributed by atoms with E-state index in [-0.39, 0.29) is 6.42 Å². The van der Waals surface area contributed by atoms with Gasteiger partial charge in [-0.15, -0.1) is 0 Å². The van der Waals surface area contributed by atoms with Gasteiger partial charge in [-0.1, -0.05) is 24.3 Å². The number of alkyl halides is 1. The van der Waals surface area contributed by atoms with E-state index in [4.69, 9.17) is 4.74 Å². The smallest absolute Gasteiger partial charge is 0.338 e. The first-order valence-electron chi connectivity index (χ1n) is 4.84. The van der Waals surface area contributed by atoms with Gasteiger partial charge in [0.25, 0.3) is 0 Å². The van der Waals surface area contributed by atoms with Crippen LogP contribution >= 0.6 is 0 Å². The number of carbonyl (C=O) groups excluding carboxylic acids is 1. The molecular formula is C12H11FO2. The van der Waals surface area contributed by atoms with Crippen LogP contribution in [0.2, 0.25) is 0 Å². The summed E-state index contributed by atoms with van der Waals surface area (Å²) >= 11 is 0. The summed E-state index contributed by atoms with van der Waals surface area (Å²) in [7, 11) is 0. The zero-order valence-electron chi connectivity index (χ0n) is 8.10. The van der Waals surface area contributed by atoms with Crippen LogP contribution in [0.4, 0.5) is 4.39 Å². The highest BCUT2D eigenvalue weighted by Crippen LogP contribution is 2.18. The summed E-state index contributed by atoms with van der Waals surface area (Å²) in [5.74, 6) is -0.403. The third-order valence-electron chi connectivity index (χ3n) is 2.26. The number of hydrogen-bond donors (Lipinski definition) is 0. The van der Waals surface area contributed by atoms with Crippen molar-refractivity contribution in [2.24, 2.45) is 0 Å². The second-order valence-corrected chi connectivity index (χ2v) is 3.45. The fourth-order valence-electron chi connectivity index (χ4n) is 1.49. The largest absolute Gasteiger partial charge is 0.454 e. The lowest BCUT2D eigenvalue weighted by Gasteiger charge is -2.10. The molecule has 2 atom stereocenters. The highest BCUT2D eigenvalue weighted by Gasteiger charge is 2.21. The van der Waals surface area contributed by atoms with E-state index < -0.39 is 18.2 Å². The van der Waals surface area contributed by atoms with Crippen LogP contribution in [-0.2, 0) is 4.74 Å². The lowest BCUT2D eigenvalue weighted by atomic mass is 10.2. The van der Waals surface area contributed by atoms with Crippen LogP contribution in [0.15, 0.2) is 42.5 Å². The van der Waals surface area contributed by atoms with Crippen molar-refractivity contribution in [2.45, 2.75) is 18.7 Å². The number of hydrogen-bond acceptors (Lipinski definition) is 2. The molecule has 0 bridgehead atoms. The Labute approximate surface area is 87.4 Å². The lowest BCUT2D eigenvalue weighted by Crippen LogP contribution is -2.15. The molecule has 0 saturated carbocycles. The molecule has 0 aromatic heterocycles. The van der Waals surface area contributed by atoms with Crippen molar-refractivity contribution in [1.82, 2.24) is 0 Å². The molecule has 0 heterocycles. The molecule has 1 aromatic rings. The van der Waals surface area contributed by atoms with Crippen LogP contribution in [0.25, 0.3) is 0 Å². The Bertz CT molecular complexity index is 372. The Kier molecular flexibility index (Phi) is 2.81. The summed E-state index contributed by atoms with van der Waals surface area (Å²) in [4.78, 5) is 11.5. The first-order chi connectivity index (χ1) is 7.25. The SMILES string of the molecule is O=C(O[C@H]1C=C[C@H](F)C1)c1ccccc1. The minimum atomic E-state index is -0.987. The molecule has 0 saturated heterocycles. The standard InChI is InChI=1S/C12H11FO2/c13-10-6-7-11(8-10)15-12(14)9-4-2-1-3-5-9/h1-7,10-11H,8H2/t10-,11-/m0/s1. The molecule has 0 N–H and O–H groups in total. The van der Waals surface area contributed by atoms with E-state index in [1.54, 1.807) is 30.3 Å². The number of allylic oxidation sites excluding steroid dienone is 1. The highest BCUT2D eigenvalue weighted by molar-refractivity contribution is 5.89. The first-order valence-corrected chi connectivity index (χ1v) is 4.84. The quantitative estimate of drug-likeness (QED) is 0.549. The van der Waals surface area contributed by atoms with Gasteiger partial charge in [-0.05, 0) is 18.2 Å². The maximum atomic E-state index is 12.7. The van der Waals surface area contributed by atoms with E-state index in [0.717, 1.165) is 0 Å². The van der Waals surface area contributed by atoms with Crippen LogP contribution in [-0.4, -0.2) is 18.2 Å². The van der Waals surface area contributed by atoms with Gasteiger partial charge in [0.05, 0.1) is 5.56 Å². The Morgan fingerprint density at radius 2 is 2.00 bits per heavy atom. The number of benzene rings is 1. The average molecular weight is 206 g/mol. The maximum Gasteiger partial charge on any atom is 0.338 e. The molecule has 15 heavy (non-hydrogen) atoms. The zero-order valence-corrected chi connectivity index (χ0v) is 8.10. The Hall–Kier alpha value is -1.64. The summed E-state index contributed by atoms with van der Waals surface area (Å²) < 4.78 is 17.9. The predicted octanol–water partition coefficient (Wildman–Crippen LogP) is 2.51. The van der Waals surface area contributed by atoms with Crippen molar-refractivity contribution < 1.29 is 13.9 Å². The number of esters is 1. The Morgan fingerprint density at radius 3 is 2.60 bits per heavy atom. The summed E-state index contributed by atoms with van der Waals surface area (Å²) in [6.07, 6.45) is 1.83. The molecule has 3 heteroatoms. The highest BCUT2D eigenvalue weighted by atomic mass is 19.1. The van der Waals surface area contributed by atoms with Gasteiger partial charge in [0.1, 0.15) is 12.3 Å². The van der Waals surface area contributed by atoms with Crippen LogP contribution in [0, 0.1) is 0 Å². The molecule has 0 amide bonds. The van der Waals surface area contributed by atoms with Crippen molar-refractivity contribution in [2.75, 3.05) is 0 Å². The van der Waals surface area contributed by atoms with E-state index in [1.807, 2.05) is 6.07 Å². The minimum absolute atomic E-state index is 0.235. The van der Waals surface area contributed by atoms with Gasteiger partial charge in [0.2, 0.25) is 0 Å². The molecule has 0 fully saturated rings. The third kappa shape index (κ3) is 2.43. The third-order valence-corrected chi connectivity index (χ3v) is 2.26. The fourth-order valence-corrected chi connectivity index (χ4v) is 1.49. The molecule has 1 aliphatic rings. The van der Waals surface area contributed by atoms with Crippen LogP contribution in [0.1, 0.15) is 16.8 Å². The molecule has 0 aliphatic heterocycles. The first kappa shape index (κ1) is 9.90. The van der Waals surface area contributed by atoms with Crippen molar-refractivity contribution >= 4 is 5.97 Å². The second kappa shape index (κ2) is 4.26. The van der Waals surface area contributed by atoms with Gasteiger partial charge in [0.15, 0.2) is 0 Å². The van der Waals surface area contributed by atoms with E-state index in [2.05, 4.69) is 0 Å². The van der Waals surface area contributed by atoms with E-state index in [0.29, 0.717) is 5.56 Å². The molecule has 0 spiro atoms. The Morgan fingerprint density at radius 1 is 1.27 bits per heavy atom. The van der Waals surface area contributed by atoms with Gasteiger partial charge in [0, 0.05) is 6.42 Å². The molecule has 1 aromatic carbocycles. The van der Waals surface area contributed by atoms with E-state index in [1.165, 1.54) is 6.08 Å². The monoisotopic (exact) mass is 206 g/mol. The average Bonchev–Trinajstić information content (AvgIpc) is 2.65. The second-order valence-electron chi connectivity index (χ2n) is 3.45. The molecule has 2 rings (SSSR count).